The largest absolute Gasteiger partial charge is 0.307 e. The quantitative estimate of drug-likeness (QED) is 0.850. The normalized spacial score (nSPS) is 25.7. The number of rotatable bonds is 3. The van der Waals surface area contributed by atoms with E-state index in [2.05, 4.69) is 42.0 Å². The highest BCUT2D eigenvalue weighted by atomic mass is 32.2. The summed E-state index contributed by atoms with van der Waals surface area (Å²) in [6.07, 6.45) is 3.16. The first-order valence-corrected chi connectivity index (χ1v) is 6.56. The minimum absolute atomic E-state index is 0.673. The van der Waals surface area contributed by atoms with E-state index in [1.807, 2.05) is 12.3 Å². The molecular formula is C12H18N2S. The standard InChI is InChI=1S/C12H18N2S/c1-9-4-3-5-13-12(9)7-14-11-6-10(2)15-8-11/h3-5,10-11,14H,6-8H2,1-2H3. The first-order chi connectivity index (χ1) is 7.25. The van der Waals surface area contributed by atoms with Gasteiger partial charge < -0.3 is 5.32 Å². The molecule has 1 aromatic rings. The van der Waals surface area contributed by atoms with Crippen LogP contribution in [0.25, 0.3) is 0 Å². The monoisotopic (exact) mass is 222 g/mol. The summed E-state index contributed by atoms with van der Waals surface area (Å²) in [5, 5.41) is 4.40. The maximum Gasteiger partial charge on any atom is 0.0570 e. The minimum atomic E-state index is 0.673. The lowest BCUT2D eigenvalue weighted by Gasteiger charge is -2.12. The number of nitrogens with zero attached hydrogens (tertiary/aromatic N) is 1. The Labute approximate surface area is 95.9 Å². The third-order valence-corrected chi connectivity index (χ3v) is 4.23. The molecule has 0 aromatic carbocycles. The molecule has 3 heteroatoms. The number of hydrogen-bond acceptors (Lipinski definition) is 3. The maximum atomic E-state index is 4.39. The number of nitrogens with one attached hydrogen (secondary N) is 1. The van der Waals surface area contributed by atoms with Crippen LogP contribution in [0.2, 0.25) is 0 Å². The minimum Gasteiger partial charge on any atom is -0.307 e. The Hall–Kier alpha value is -0.540. The van der Waals surface area contributed by atoms with Crippen molar-refractivity contribution in [3.8, 4) is 0 Å². The molecule has 0 spiro atoms. The summed E-state index contributed by atoms with van der Waals surface area (Å²) in [6, 6.07) is 4.79. The fourth-order valence-corrected chi connectivity index (χ4v) is 3.09. The Morgan fingerprint density at radius 3 is 3.13 bits per heavy atom. The number of pyridine rings is 1. The van der Waals surface area contributed by atoms with Gasteiger partial charge in [0.1, 0.15) is 0 Å². The first-order valence-electron chi connectivity index (χ1n) is 5.51. The van der Waals surface area contributed by atoms with Crippen LogP contribution in [0.15, 0.2) is 18.3 Å². The average molecular weight is 222 g/mol. The Morgan fingerprint density at radius 2 is 2.47 bits per heavy atom. The van der Waals surface area contributed by atoms with Crippen molar-refractivity contribution >= 4 is 11.8 Å². The molecule has 1 fully saturated rings. The van der Waals surface area contributed by atoms with Gasteiger partial charge in [0.05, 0.1) is 5.69 Å². The molecule has 0 aliphatic carbocycles. The van der Waals surface area contributed by atoms with Gasteiger partial charge in [-0.15, -0.1) is 0 Å². The topological polar surface area (TPSA) is 24.9 Å². The van der Waals surface area contributed by atoms with Crippen molar-refractivity contribution in [1.29, 1.82) is 0 Å². The van der Waals surface area contributed by atoms with Gasteiger partial charge in [0.2, 0.25) is 0 Å². The third kappa shape index (κ3) is 2.95. The van der Waals surface area contributed by atoms with Crippen LogP contribution in [0.3, 0.4) is 0 Å². The Bertz CT molecular complexity index is 327. The molecule has 0 saturated carbocycles. The van der Waals surface area contributed by atoms with Gasteiger partial charge in [-0.3, -0.25) is 4.98 Å². The number of aryl methyl sites for hydroxylation is 1. The zero-order valence-corrected chi connectivity index (χ0v) is 10.2. The molecule has 0 radical (unpaired) electrons. The lowest BCUT2D eigenvalue weighted by Crippen LogP contribution is -2.29. The maximum absolute atomic E-state index is 4.39. The van der Waals surface area contributed by atoms with Gasteiger partial charge in [-0.05, 0) is 25.0 Å². The van der Waals surface area contributed by atoms with Crippen molar-refractivity contribution in [3.63, 3.8) is 0 Å². The fraction of sp³-hybridized carbons (Fsp3) is 0.583. The van der Waals surface area contributed by atoms with Gasteiger partial charge in [-0.2, -0.15) is 11.8 Å². The molecule has 2 nitrogen and oxygen atoms in total. The summed E-state index contributed by atoms with van der Waals surface area (Å²) in [5.41, 5.74) is 2.46. The summed E-state index contributed by atoms with van der Waals surface area (Å²) in [6.45, 7) is 5.33. The van der Waals surface area contributed by atoms with Crippen molar-refractivity contribution in [1.82, 2.24) is 10.3 Å². The average Bonchev–Trinajstić information content (AvgIpc) is 2.63. The van der Waals surface area contributed by atoms with Crippen LogP contribution >= 0.6 is 11.8 Å². The van der Waals surface area contributed by atoms with Crippen LogP contribution in [-0.2, 0) is 6.54 Å². The lowest BCUT2D eigenvalue weighted by molar-refractivity contribution is 0.532. The highest BCUT2D eigenvalue weighted by Gasteiger charge is 2.21. The number of aromatic nitrogens is 1. The van der Waals surface area contributed by atoms with Crippen molar-refractivity contribution in [3.05, 3.63) is 29.6 Å². The molecule has 2 rings (SSSR count). The lowest BCUT2D eigenvalue weighted by atomic mass is 10.1. The molecule has 1 aromatic heterocycles. The summed E-state index contributed by atoms with van der Waals surface area (Å²) < 4.78 is 0. The van der Waals surface area contributed by atoms with E-state index in [0.717, 1.165) is 11.8 Å². The van der Waals surface area contributed by atoms with Crippen molar-refractivity contribution in [2.24, 2.45) is 0 Å². The van der Waals surface area contributed by atoms with Gasteiger partial charge in [-0.25, -0.2) is 0 Å². The van der Waals surface area contributed by atoms with Gasteiger partial charge in [-0.1, -0.05) is 13.0 Å². The molecule has 1 saturated heterocycles. The molecule has 2 atom stereocenters. The molecule has 2 heterocycles. The number of thioether (sulfide) groups is 1. The van der Waals surface area contributed by atoms with E-state index >= 15 is 0 Å². The van der Waals surface area contributed by atoms with E-state index < -0.39 is 0 Å². The van der Waals surface area contributed by atoms with Crippen molar-refractivity contribution < 1.29 is 0 Å². The predicted molar refractivity (Wildman–Crippen MR) is 66.1 cm³/mol. The SMILES string of the molecule is Cc1cccnc1CNC1CSC(C)C1. The second-order valence-electron chi connectivity index (χ2n) is 4.22. The van der Waals surface area contributed by atoms with E-state index in [0.29, 0.717) is 6.04 Å². The highest BCUT2D eigenvalue weighted by molar-refractivity contribution is 8.00. The molecule has 1 N–H and O–H groups in total. The van der Waals surface area contributed by atoms with Crippen molar-refractivity contribution in [2.45, 2.75) is 38.1 Å². The van der Waals surface area contributed by atoms with Crippen LogP contribution in [0.4, 0.5) is 0 Å². The molecular weight excluding hydrogens is 204 g/mol. The molecule has 1 aliphatic rings. The molecule has 2 unspecified atom stereocenters. The summed E-state index contributed by atoms with van der Waals surface area (Å²) >= 11 is 2.06. The van der Waals surface area contributed by atoms with Gasteiger partial charge in [0.15, 0.2) is 0 Å². The molecule has 82 valence electrons. The zero-order chi connectivity index (χ0) is 10.7. The predicted octanol–water partition coefficient (Wildman–Crippen LogP) is 2.37. The van der Waals surface area contributed by atoms with Crippen LogP contribution < -0.4 is 5.32 Å². The Morgan fingerprint density at radius 1 is 1.60 bits per heavy atom. The summed E-state index contributed by atoms with van der Waals surface area (Å²) in [7, 11) is 0. The van der Waals surface area contributed by atoms with Crippen molar-refractivity contribution in [2.75, 3.05) is 5.75 Å². The summed E-state index contributed by atoms with van der Waals surface area (Å²) in [4.78, 5) is 4.39. The smallest absolute Gasteiger partial charge is 0.0570 e. The Kier molecular flexibility index (Phi) is 3.65. The van der Waals surface area contributed by atoms with E-state index in [4.69, 9.17) is 0 Å². The Balaban J connectivity index is 1.86. The third-order valence-electron chi connectivity index (χ3n) is 2.87. The fourth-order valence-electron chi connectivity index (χ4n) is 1.90. The van der Waals surface area contributed by atoms with E-state index in [-0.39, 0.29) is 0 Å². The van der Waals surface area contributed by atoms with E-state index in [1.54, 1.807) is 0 Å². The second kappa shape index (κ2) is 4.99. The van der Waals surface area contributed by atoms with Gasteiger partial charge >= 0.3 is 0 Å². The second-order valence-corrected chi connectivity index (χ2v) is 5.70. The molecule has 1 aliphatic heterocycles. The van der Waals surface area contributed by atoms with E-state index in [9.17, 15) is 0 Å². The zero-order valence-electron chi connectivity index (χ0n) is 9.36. The van der Waals surface area contributed by atoms with Gasteiger partial charge in [0, 0.05) is 29.8 Å². The van der Waals surface area contributed by atoms with Gasteiger partial charge in [0.25, 0.3) is 0 Å². The van der Waals surface area contributed by atoms with Crippen LogP contribution in [0.5, 0.6) is 0 Å². The number of hydrogen-bond donors (Lipinski definition) is 1. The molecule has 0 amide bonds. The molecule has 0 bridgehead atoms. The van der Waals surface area contributed by atoms with E-state index in [1.165, 1.54) is 23.4 Å². The summed E-state index contributed by atoms with van der Waals surface area (Å²) in [5.74, 6) is 1.24. The van der Waals surface area contributed by atoms with Crippen LogP contribution in [-0.4, -0.2) is 22.0 Å². The first kappa shape index (κ1) is 11.0. The van der Waals surface area contributed by atoms with Crippen LogP contribution in [0.1, 0.15) is 24.6 Å². The van der Waals surface area contributed by atoms with Crippen LogP contribution in [0, 0.1) is 6.92 Å². The highest BCUT2D eigenvalue weighted by Crippen LogP contribution is 2.26. The molecule has 15 heavy (non-hydrogen) atoms.